The van der Waals surface area contributed by atoms with Crippen molar-refractivity contribution in [3.05, 3.63) is 18.2 Å². The third-order valence-electron chi connectivity index (χ3n) is 2.77. The molecule has 0 aliphatic carbocycles. The Hall–Kier alpha value is -1.38. The number of nitrogens with zero attached hydrogens (tertiary/aromatic N) is 1. The molecule has 0 amide bonds. The lowest BCUT2D eigenvalue weighted by molar-refractivity contribution is 0.243. The van der Waals surface area contributed by atoms with Crippen molar-refractivity contribution in [3.8, 4) is 5.75 Å². The van der Waals surface area contributed by atoms with Crippen molar-refractivity contribution in [2.75, 3.05) is 29.9 Å². The van der Waals surface area contributed by atoms with Crippen LogP contribution in [-0.4, -0.2) is 25.7 Å². The summed E-state index contributed by atoms with van der Waals surface area (Å²) in [6.45, 7) is 9.39. The van der Waals surface area contributed by atoms with Crippen molar-refractivity contribution in [3.63, 3.8) is 0 Å². The molecular weight excluding hydrogens is 200 g/mol. The van der Waals surface area contributed by atoms with Gasteiger partial charge in [0.25, 0.3) is 0 Å². The van der Waals surface area contributed by atoms with Gasteiger partial charge in [0, 0.05) is 19.6 Å². The SMILES string of the molecule is CCN1CCNc2c(OC(C)C)cccc21. The van der Waals surface area contributed by atoms with Gasteiger partial charge in [-0.25, -0.2) is 0 Å². The summed E-state index contributed by atoms with van der Waals surface area (Å²) in [5.74, 6) is 0.964. The smallest absolute Gasteiger partial charge is 0.144 e. The van der Waals surface area contributed by atoms with E-state index in [4.69, 9.17) is 4.74 Å². The first-order chi connectivity index (χ1) is 7.72. The Balaban J connectivity index is 2.34. The maximum absolute atomic E-state index is 5.82. The quantitative estimate of drug-likeness (QED) is 0.847. The van der Waals surface area contributed by atoms with Crippen LogP contribution in [-0.2, 0) is 0 Å². The maximum Gasteiger partial charge on any atom is 0.144 e. The van der Waals surface area contributed by atoms with Crippen LogP contribution in [0.25, 0.3) is 0 Å². The van der Waals surface area contributed by atoms with Crippen LogP contribution in [0.1, 0.15) is 20.8 Å². The second-order valence-corrected chi connectivity index (χ2v) is 4.32. The fourth-order valence-electron chi connectivity index (χ4n) is 2.08. The zero-order valence-corrected chi connectivity index (χ0v) is 10.3. The van der Waals surface area contributed by atoms with Gasteiger partial charge >= 0.3 is 0 Å². The molecule has 3 nitrogen and oxygen atoms in total. The topological polar surface area (TPSA) is 24.5 Å². The second kappa shape index (κ2) is 4.64. The summed E-state index contributed by atoms with van der Waals surface area (Å²) in [6, 6.07) is 6.25. The standard InChI is InChI=1S/C13H20N2O/c1-4-15-9-8-14-13-11(15)6-5-7-12(13)16-10(2)3/h5-7,10,14H,4,8-9H2,1-3H3. The van der Waals surface area contributed by atoms with Crippen molar-refractivity contribution >= 4 is 11.4 Å². The molecule has 0 fully saturated rings. The van der Waals surface area contributed by atoms with Gasteiger partial charge in [-0.1, -0.05) is 6.07 Å². The molecule has 0 spiro atoms. The number of ether oxygens (including phenoxy) is 1. The molecule has 1 aliphatic rings. The molecule has 1 N–H and O–H groups in total. The number of likely N-dealkylation sites (N-methyl/N-ethyl adjacent to an activating group) is 1. The van der Waals surface area contributed by atoms with E-state index in [1.54, 1.807) is 0 Å². The van der Waals surface area contributed by atoms with Crippen LogP contribution < -0.4 is 15.0 Å². The van der Waals surface area contributed by atoms with Gasteiger partial charge in [0.05, 0.1) is 11.8 Å². The zero-order chi connectivity index (χ0) is 11.5. The summed E-state index contributed by atoms with van der Waals surface area (Å²) < 4.78 is 5.82. The number of para-hydroxylation sites is 1. The summed E-state index contributed by atoms with van der Waals surface area (Å²) in [7, 11) is 0. The van der Waals surface area contributed by atoms with Crippen molar-refractivity contribution in [2.24, 2.45) is 0 Å². The highest BCUT2D eigenvalue weighted by Crippen LogP contribution is 2.37. The summed E-state index contributed by atoms with van der Waals surface area (Å²) in [4.78, 5) is 2.37. The molecule has 1 aliphatic heterocycles. The number of hydrogen-bond donors (Lipinski definition) is 1. The maximum atomic E-state index is 5.82. The van der Waals surface area contributed by atoms with Crippen LogP contribution >= 0.6 is 0 Å². The molecule has 0 unspecified atom stereocenters. The molecule has 1 aromatic carbocycles. The number of hydrogen-bond acceptors (Lipinski definition) is 3. The molecule has 0 aromatic heterocycles. The van der Waals surface area contributed by atoms with Gasteiger partial charge < -0.3 is 15.0 Å². The van der Waals surface area contributed by atoms with E-state index in [9.17, 15) is 0 Å². The molecule has 3 heteroatoms. The van der Waals surface area contributed by atoms with E-state index in [0.717, 1.165) is 31.1 Å². The fraction of sp³-hybridized carbons (Fsp3) is 0.538. The largest absolute Gasteiger partial charge is 0.489 e. The Labute approximate surface area is 97.4 Å². The zero-order valence-electron chi connectivity index (χ0n) is 10.3. The van der Waals surface area contributed by atoms with Gasteiger partial charge in [-0.3, -0.25) is 0 Å². The summed E-state index contributed by atoms with van der Waals surface area (Å²) >= 11 is 0. The average Bonchev–Trinajstić information content (AvgIpc) is 2.28. The predicted molar refractivity (Wildman–Crippen MR) is 68.6 cm³/mol. The van der Waals surface area contributed by atoms with Crippen molar-refractivity contribution < 1.29 is 4.74 Å². The van der Waals surface area contributed by atoms with Crippen LogP contribution in [0.2, 0.25) is 0 Å². The molecule has 88 valence electrons. The first-order valence-corrected chi connectivity index (χ1v) is 6.01. The molecule has 1 heterocycles. The Kier molecular flexibility index (Phi) is 3.22. The summed E-state index contributed by atoms with van der Waals surface area (Å²) in [5.41, 5.74) is 2.40. The molecule has 0 atom stereocenters. The number of benzene rings is 1. The molecular formula is C13H20N2O. The predicted octanol–water partition coefficient (Wildman–Crippen LogP) is 2.73. The van der Waals surface area contributed by atoms with Gasteiger partial charge in [-0.05, 0) is 32.9 Å². The molecule has 2 rings (SSSR count). The normalized spacial score (nSPS) is 14.6. The Morgan fingerprint density at radius 2 is 2.25 bits per heavy atom. The van der Waals surface area contributed by atoms with Gasteiger partial charge in [0.1, 0.15) is 11.4 Å². The summed E-state index contributed by atoms with van der Waals surface area (Å²) in [6.07, 6.45) is 0.213. The van der Waals surface area contributed by atoms with Gasteiger partial charge in [-0.15, -0.1) is 0 Å². The lowest BCUT2D eigenvalue weighted by Crippen LogP contribution is -2.34. The van der Waals surface area contributed by atoms with Crippen molar-refractivity contribution in [1.82, 2.24) is 0 Å². The van der Waals surface area contributed by atoms with Crippen molar-refractivity contribution in [2.45, 2.75) is 26.9 Å². The number of rotatable bonds is 3. The fourth-order valence-corrected chi connectivity index (χ4v) is 2.08. The molecule has 0 radical (unpaired) electrons. The van der Waals surface area contributed by atoms with E-state index >= 15 is 0 Å². The molecule has 0 saturated carbocycles. The van der Waals surface area contributed by atoms with E-state index in [1.165, 1.54) is 5.69 Å². The molecule has 0 saturated heterocycles. The van der Waals surface area contributed by atoms with Crippen LogP contribution in [0.3, 0.4) is 0 Å². The Bertz CT molecular complexity index is 363. The minimum Gasteiger partial charge on any atom is -0.489 e. The third-order valence-corrected chi connectivity index (χ3v) is 2.77. The van der Waals surface area contributed by atoms with E-state index < -0.39 is 0 Å². The summed E-state index contributed by atoms with van der Waals surface area (Å²) in [5, 5.41) is 3.43. The highest BCUT2D eigenvalue weighted by molar-refractivity contribution is 5.78. The average molecular weight is 220 g/mol. The van der Waals surface area contributed by atoms with Gasteiger partial charge in [0.15, 0.2) is 0 Å². The highest BCUT2D eigenvalue weighted by Gasteiger charge is 2.18. The van der Waals surface area contributed by atoms with Gasteiger partial charge in [0.2, 0.25) is 0 Å². The molecule has 1 aromatic rings. The van der Waals surface area contributed by atoms with Crippen LogP contribution in [0.5, 0.6) is 5.75 Å². The van der Waals surface area contributed by atoms with Crippen LogP contribution in [0, 0.1) is 0 Å². The minimum absolute atomic E-state index is 0.213. The van der Waals surface area contributed by atoms with E-state index in [-0.39, 0.29) is 6.10 Å². The second-order valence-electron chi connectivity index (χ2n) is 4.32. The minimum atomic E-state index is 0.213. The Morgan fingerprint density at radius 3 is 2.94 bits per heavy atom. The first-order valence-electron chi connectivity index (χ1n) is 6.01. The monoisotopic (exact) mass is 220 g/mol. The highest BCUT2D eigenvalue weighted by atomic mass is 16.5. The van der Waals surface area contributed by atoms with Gasteiger partial charge in [-0.2, -0.15) is 0 Å². The van der Waals surface area contributed by atoms with Crippen LogP contribution in [0.4, 0.5) is 11.4 Å². The first kappa shape index (κ1) is 11.1. The Morgan fingerprint density at radius 1 is 1.44 bits per heavy atom. The molecule has 16 heavy (non-hydrogen) atoms. The van der Waals surface area contributed by atoms with Crippen molar-refractivity contribution in [1.29, 1.82) is 0 Å². The lowest BCUT2D eigenvalue weighted by atomic mass is 10.2. The van der Waals surface area contributed by atoms with E-state index in [1.807, 2.05) is 6.07 Å². The van der Waals surface area contributed by atoms with Crippen LogP contribution in [0.15, 0.2) is 18.2 Å². The van der Waals surface area contributed by atoms with E-state index in [2.05, 4.69) is 43.1 Å². The third kappa shape index (κ3) is 2.08. The number of anilines is 2. The number of fused-ring (bicyclic) bond motifs is 1. The number of nitrogens with one attached hydrogen (secondary N) is 1. The lowest BCUT2D eigenvalue weighted by Gasteiger charge is -2.32. The molecule has 0 bridgehead atoms. The van der Waals surface area contributed by atoms with E-state index in [0.29, 0.717) is 0 Å².